The fourth-order valence-corrected chi connectivity index (χ4v) is 3.00. The van der Waals surface area contributed by atoms with Gasteiger partial charge in [0.2, 0.25) is 0 Å². The zero-order valence-electron chi connectivity index (χ0n) is 11.1. The minimum absolute atomic E-state index is 0.00161. The Labute approximate surface area is 128 Å². The van der Waals surface area contributed by atoms with Crippen molar-refractivity contribution in [1.29, 1.82) is 0 Å². The number of aliphatic carboxylic acids is 1. The molecule has 0 saturated heterocycles. The smallest absolute Gasteiger partial charge is 0.418 e. The van der Waals surface area contributed by atoms with Gasteiger partial charge in [0.15, 0.2) is 0 Å². The second-order valence-electron chi connectivity index (χ2n) is 5.23. The molecule has 2 unspecified atom stereocenters. The molecule has 7 heteroatoms. The van der Waals surface area contributed by atoms with E-state index < -0.39 is 23.6 Å². The lowest BCUT2D eigenvalue weighted by Gasteiger charge is -2.29. The molecule has 1 aliphatic carbocycles. The summed E-state index contributed by atoms with van der Waals surface area (Å²) in [5.41, 5.74) is -0.740. The van der Waals surface area contributed by atoms with Gasteiger partial charge in [0.05, 0.1) is 11.5 Å². The van der Waals surface area contributed by atoms with Gasteiger partial charge in [-0.05, 0) is 37.5 Å². The summed E-state index contributed by atoms with van der Waals surface area (Å²) in [5.74, 6) is -1.37. The molecular formula is C14H15BrF3NO2. The fraction of sp³-hybridized carbons (Fsp3) is 0.500. The fourth-order valence-electron chi connectivity index (χ4n) is 2.64. The summed E-state index contributed by atoms with van der Waals surface area (Å²) in [6, 6.07) is 3.69. The van der Waals surface area contributed by atoms with Crippen LogP contribution in [0, 0.1) is 5.92 Å². The molecule has 0 spiro atoms. The molecule has 0 bridgehead atoms. The van der Waals surface area contributed by atoms with Crippen molar-refractivity contribution in [2.75, 3.05) is 5.32 Å². The van der Waals surface area contributed by atoms with Crippen molar-refractivity contribution in [2.24, 2.45) is 5.92 Å². The number of alkyl halides is 3. The maximum atomic E-state index is 13.0. The van der Waals surface area contributed by atoms with Crippen LogP contribution in [0.15, 0.2) is 22.7 Å². The average Bonchev–Trinajstić information content (AvgIpc) is 2.40. The SMILES string of the molecule is O=C(O)C1CCCC(Nc2ccc(Br)cc2C(F)(F)F)C1. The molecule has 0 aliphatic heterocycles. The highest BCUT2D eigenvalue weighted by Crippen LogP contribution is 2.38. The number of nitrogens with one attached hydrogen (secondary N) is 1. The van der Waals surface area contributed by atoms with Gasteiger partial charge in [-0.25, -0.2) is 0 Å². The van der Waals surface area contributed by atoms with Gasteiger partial charge in [0.25, 0.3) is 0 Å². The highest BCUT2D eigenvalue weighted by Gasteiger charge is 2.35. The van der Waals surface area contributed by atoms with Crippen molar-refractivity contribution in [1.82, 2.24) is 0 Å². The topological polar surface area (TPSA) is 49.3 Å². The molecule has 21 heavy (non-hydrogen) atoms. The normalized spacial score (nSPS) is 22.9. The Morgan fingerprint density at radius 1 is 1.33 bits per heavy atom. The predicted molar refractivity (Wildman–Crippen MR) is 76.1 cm³/mol. The number of carboxylic acid groups (broad SMARTS) is 1. The summed E-state index contributed by atoms with van der Waals surface area (Å²) in [6.45, 7) is 0. The van der Waals surface area contributed by atoms with E-state index in [0.717, 1.165) is 6.07 Å². The zero-order valence-corrected chi connectivity index (χ0v) is 12.7. The number of rotatable bonds is 3. The van der Waals surface area contributed by atoms with Gasteiger partial charge in [0.1, 0.15) is 0 Å². The molecule has 0 amide bonds. The third-order valence-electron chi connectivity index (χ3n) is 3.67. The van der Waals surface area contributed by atoms with E-state index in [1.54, 1.807) is 0 Å². The van der Waals surface area contributed by atoms with Crippen molar-refractivity contribution < 1.29 is 23.1 Å². The van der Waals surface area contributed by atoms with Crippen molar-refractivity contribution in [3.63, 3.8) is 0 Å². The molecule has 0 radical (unpaired) electrons. The van der Waals surface area contributed by atoms with Gasteiger partial charge in [-0.2, -0.15) is 13.2 Å². The molecule has 116 valence electrons. The van der Waals surface area contributed by atoms with E-state index in [1.807, 2.05) is 0 Å². The van der Waals surface area contributed by atoms with Crippen LogP contribution in [0.1, 0.15) is 31.2 Å². The first-order valence-corrected chi connectivity index (χ1v) is 7.43. The number of carbonyl (C=O) groups is 1. The highest BCUT2D eigenvalue weighted by molar-refractivity contribution is 9.10. The molecule has 1 fully saturated rings. The van der Waals surface area contributed by atoms with Crippen LogP contribution in [0.5, 0.6) is 0 Å². The van der Waals surface area contributed by atoms with Crippen molar-refractivity contribution in [3.05, 3.63) is 28.2 Å². The van der Waals surface area contributed by atoms with E-state index in [4.69, 9.17) is 5.11 Å². The van der Waals surface area contributed by atoms with E-state index in [1.165, 1.54) is 12.1 Å². The number of benzene rings is 1. The lowest BCUT2D eigenvalue weighted by Crippen LogP contribution is -2.31. The van der Waals surface area contributed by atoms with Gasteiger partial charge >= 0.3 is 12.1 Å². The van der Waals surface area contributed by atoms with Crippen molar-refractivity contribution in [3.8, 4) is 0 Å². The number of carboxylic acids is 1. The van der Waals surface area contributed by atoms with E-state index in [0.29, 0.717) is 30.2 Å². The Morgan fingerprint density at radius 3 is 2.67 bits per heavy atom. The van der Waals surface area contributed by atoms with Gasteiger partial charge in [0, 0.05) is 16.2 Å². The van der Waals surface area contributed by atoms with Crippen LogP contribution in [-0.2, 0) is 11.0 Å². The molecule has 2 N–H and O–H groups in total. The molecule has 3 nitrogen and oxygen atoms in total. The average molecular weight is 366 g/mol. The van der Waals surface area contributed by atoms with Crippen LogP contribution in [0.2, 0.25) is 0 Å². The molecule has 1 aromatic carbocycles. The summed E-state index contributed by atoms with van der Waals surface area (Å²) in [5, 5.41) is 11.9. The lowest BCUT2D eigenvalue weighted by atomic mass is 9.85. The minimum Gasteiger partial charge on any atom is -0.481 e. The molecule has 0 aromatic heterocycles. The number of halogens is 4. The third-order valence-corrected chi connectivity index (χ3v) is 4.16. The number of hydrogen-bond acceptors (Lipinski definition) is 2. The van der Waals surface area contributed by atoms with Crippen LogP contribution in [-0.4, -0.2) is 17.1 Å². The third kappa shape index (κ3) is 4.12. The zero-order chi connectivity index (χ0) is 15.6. The first kappa shape index (κ1) is 16.1. The van der Waals surface area contributed by atoms with Gasteiger partial charge in [-0.1, -0.05) is 22.4 Å². The van der Waals surface area contributed by atoms with Crippen LogP contribution in [0.3, 0.4) is 0 Å². The molecule has 1 saturated carbocycles. The quantitative estimate of drug-likeness (QED) is 0.827. The maximum absolute atomic E-state index is 13.0. The van der Waals surface area contributed by atoms with Crippen LogP contribution in [0.4, 0.5) is 18.9 Å². The Balaban J connectivity index is 2.18. The molecule has 1 aliphatic rings. The largest absolute Gasteiger partial charge is 0.481 e. The molecule has 2 rings (SSSR count). The second-order valence-corrected chi connectivity index (χ2v) is 6.15. The first-order chi connectivity index (χ1) is 9.77. The standard InChI is InChI=1S/C14H15BrF3NO2/c15-9-4-5-12(11(7-9)14(16,17)18)19-10-3-1-2-8(6-10)13(20)21/h4-5,7-8,10,19H,1-3,6H2,(H,20,21). The summed E-state index contributed by atoms with van der Waals surface area (Å²) in [7, 11) is 0. The molecular weight excluding hydrogens is 351 g/mol. The first-order valence-electron chi connectivity index (χ1n) is 6.63. The lowest BCUT2D eigenvalue weighted by molar-refractivity contribution is -0.143. The van der Waals surface area contributed by atoms with E-state index in [2.05, 4.69) is 21.2 Å². The van der Waals surface area contributed by atoms with Crippen LogP contribution >= 0.6 is 15.9 Å². The Morgan fingerprint density at radius 2 is 2.05 bits per heavy atom. The van der Waals surface area contributed by atoms with Gasteiger partial charge in [-0.3, -0.25) is 4.79 Å². The van der Waals surface area contributed by atoms with E-state index in [9.17, 15) is 18.0 Å². The second kappa shape index (κ2) is 6.25. The summed E-state index contributed by atoms with van der Waals surface area (Å²) >= 11 is 3.04. The van der Waals surface area contributed by atoms with Gasteiger partial charge < -0.3 is 10.4 Å². The molecule has 1 aromatic rings. The number of hydrogen-bond donors (Lipinski definition) is 2. The summed E-state index contributed by atoms with van der Waals surface area (Å²) < 4.78 is 39.5. The Bertz CT molecular complexity index is 533. The van der Waals surface area contributed by atoms with E-state index >= 15 is 0 Å². The Hall–Kier alpha value is -1.24. The number of anilines is 1. The van der Waals surface area contributed by atoms with Gasteiger partial charge in [-0.15, -0.1) is 0 Å². The predicted octanol–water partition coefficient (Wildman–Crippen LogP) is 4.52. The Kier molecular flexibility index (Phi) is 4.81. The summed E-state index contributed by atoms with van der Waals surface area (Å²) in [4.78, 5) is 11.0. The van der Waals surface area contributed by atoms with Crippen LogP contribution < -0.4 is 5.32 Å². The maximum Gasteiger partial charge on any atom is 0.418 e. The molecule has 2 atom stereocenters. The van der Waals surface area contributed by atoms with Crippen molar-refractivity contribution in [2.45, 2.75) is 37.9 Å². The molecule has 0 heterocycles. The van der Waals surface area contributed by atoms with Crippen LogP contribution in [0.25, 0.3) is 0 Å². The summed E-state index contributed by atoms with van der Waals surface area (Å²) in [6.07, 6.45) is -2.14. The minimum atomic E-state index is -4.45. The highest BCUT2D eigenvalue weighted by atomic mass is 79.9. The van der Waals surface area contributed by atoms with E-state index in [-0.39, 0.29) is 11.7 Å². The van der Waals surface area contributed by atoms with Crippen molar-refractivity contribution >= 4 is 27.6 Å². The monoisotopic (exact) mass is 365 g/mol.